The van der Waals surface area contributed by atoms with Crippen molar-refractivity contribution in [1.82, 2.24) is 0 Å². The molecule has 0 saturated carbocycles. The van der Waals surface area contributed by atoms with E-state index in [0.29, 0.717) is 0 Å². The summed E-state index contributed by atoms with van der Waals surface area (Å²) < 4.78 is 37.4. The third-order valence-corrected chi connectivity index (χ3v) is 2.42. The van der Waals surface area contributed by atoms with Crippen LogP contribution in [-0.4, -0.2) is 22.4 Å². The number of alkyl halides is 2. The molecule has 16 heavy (non-hydrogen) atoms. The van der Waals surface area contributed by atoms with E-state index < -0.39 is 45.1 Å². The van der Waals surface area contributed by atoms with Gasteiger partial charge in [-0.2, -0.15) is 0 Å². The predicted molar refractivity (Wildman–Crippen MR) is 50.1 cm³/mol. The van der Waals surface area contributed by atoms with Crippen molar-refractivity contribution in [3.8, 4) is 11.5 Å². The molecule has 0 saturated heterocycles. The zero-order chi connectivity index (χ0) is 12.6. The number of carbonyl (C=O) groups is 1. The molecule has 0 spiro atoms. The van der Waals surface area contributed by atoms with Gasteiger partial charge in [0.15, 0.2) is 17.3 Å². The fourth-order valence-corrected chi connectivity index (χ4v) is 1.40. The first-order valence-corrected chi connectivity index (χ1v) is 4.45. The molecule has 0 amide bonds. The number of benzene rings is 1. The number of hydrogen-bond acceptors (Lipinski definition) is 3. The van der Waals surface area contributed by atoms with E-state index in [2.05, 4.69) is 0 Å². The summed E-state index contributed by atoms with van der Waals surface area (Å²) in [6.45, 7) is 0. The van der Waals surface area contributed by atoms with Gasteiger partial charge in [-0.3, -0.25) is 4.79 Å². The Morgan fingerprint density at radius 2 is 1.62 bits per heavy atom. The SMILES string of the molecule is O=C(c1c(O)c(Cl)c(O)c(Cl)c1F)C(F)F. The van der Waals surface area contributed by atoms with Crippen LogP contribution in [0.2, 0.25) is 10.0 Å². The lowest BCUT2D eigenvalue weighted by Gasteiger charge is -2.09. The molecular formula is C8H3Cl2F3O3. The van der Waals surface area contributed by atoms with Gasteiger partial charge in [0.1, 0.15) is 15.6 Å². The van der Waals surface area contributed by atoms with Crippen LogP contribution >= 0.6 is 23.2 Å². The summed E-state index contributed by atoms with van der Waals surface area (Å²) >= 11 is 10.5. The van der Waals surface area contributed by atoms with Crippen LogP contribution in [0.4, 0.5) is 13.2 Å². The van der Waals surface area contributed by atoms with Crippen molar-refractivity contribution in [2.24, 2.45) is 0 Å². The Labute approximate surface area is 97.0 Å². The number of ketones is 1. The third kappa shape index (κ3) is 1.90. The second-order valence-corrected chi connectivity index (χ2v) is 3.44. The smallest absolute Gasteiger partial charge is 0.300 e. The highest BCUT2D eigenvalue weighted by molar-refractivity contribution is 6.39. The molecule has 0 aliphatic carbocycles. The van der Waals surface area contributed by atoms with Gasteiger partial charge in [0.05, 0.1) is 0 Å². The predicted octanol–water partition coefficient (Wildman–Crippen LogP) is 2.99. The maximum Gasteiger partial charge on any atom is 0.300 e. The first kappa shape index (κ1) is 12.9. The maximum absolute atomic E-state index is 13.2. The second-order valence-electron chi connectivity index (χ2n) is 2.68. The summed E-state index contributed by atoms with van der Waals surface area (Å²) in [4.78, 5) is 10.9. The molecule has 0 bridgehead atoms. The summed E-state index contributed by atoms with van der Waals surface area (Å²) in [5.41, 5.74) is -1.34. The zero-order valence-corrected chi connectivity index (χ0v) is 8.78. The Balaban J connectivity index is 3.58. The minimum absolute atomic E-state index is 0.865. The highest BCUT2D eigenvalue weighted by atomic mass is 35.5. The van der Waals surface area contributed by atoms with E-state index in [1.165, 1.54) is 0 Å². The van der Waals surface area contributed by atoms with Gasteiger partial charge >= 0.3 is 6.43 Å². The average Bonchev–Trinajstić information content (AvgIpc) is 2.23. The van der Waals surface area contributed by atoms with Gasteiger partial charge in [-0.25, -0.2) is 13.2 Å². The van der Waals surface area contributed by atoms with E-state index >= 15 is 0 Å². The molecular weight excluding hydrogens is 272 g/mol. The molecule has 2 N–H and O–H groups in total. The molecule has 3 nitrogen and oxygen atoms in total. The number of rotatable bonds is 2. The van der Waals surface area contributed by atoms with Gasteiger partial charge in [0, 0.05) is 0 Å². The number of carbonyl (C=O) groups excluding carboxylic acids is 1. The van der Waals surface area contributed by atoms with Crippen LogP contribution < -0.4 is 0 Å². The molecule has 1 aromatic rings. The van der Waals surface area contributed by atoms with Gasteiger partial charge in [-0.15, -0.1) is 0 Å². The van der Waals surface area contributed by atoms with Gasteiger partial charge in [0.25, 0.3) is 0 Å². The number of hydrogen-bond donors (Lipinski definition) is 2. The Morgan fingerprint density at radius 1 is 1.12 bits per heavy atom. The number of phenolic OH excluding ortho intramolecular Hbond substituents is 2. The van der Waals surface area contributed by atoms with Crippen molar-refractivity contribution in [2.45, 2.75) is 6.43 Å². The quantitative estimate of drug-likeness (QED) is 0.644. The van der Waals surface area contributed by atoms with Crippen LogP contribution in [0.3, 0.4) is 0 Å². The van der Waals surface area contributed by atoms with Crippen LogP contribution in [0.5, 0.6) is 11.5 Å². The van der Waals surface area contributed by atoms with E-state index in [9.17, 15) is 18.0 Å². The molecule has 0 aliphatic rings. The van der Waals surface area contributed by atoms with Gasteiger partial charge in [-0.1, -0.05) is 23.2 Å². The average molecular weight is 275 g/mol. The molecule has 0 radical (unpaired) electrons. The zero-order valence-electron chi connectivity index (χ0n) is 7.27. The van der Waals surface area contributed by atoms with Gasteiger partial charge < -0.3 is 10.2 Å². The summed E-state index contributed by atoms with van der Waals surface area (Å²) in [5.74, 6) is -5.92. The monoisotopic (exact) mass is 274 g/mol. The Morgan fingerprint density at radius 3 is 2.06 bits per heavy atom. The number of phenols is 2. The molecule has 0 unspecified atom stereocenters. The van der Waals surface area contributed by atoms with Gasteiger partial charge in [0.2, 0.25) is 5.78 Å². The third-order valence-electron chi connectivity index (χ3n) is 1.72. The van der Waals surface area contributed by atoms with Crippen molar-refractivity contribution in [3.63, 3.8) is 0 Å². The van der Waals surface area contributed by atoms with E-state index in [0.717, 1.165) is 0 Å². The Bertz CT molecular complexity index is 433. The lowest BCUT2D eigenvalue weighted by molar-refractivity contribution is 0.0671. The Hall–Kier alpha value is -1.14. The number of aromatic hydroxyl groups is 2. The van der Waals surface area contributed by atoms with Crippen molar-refractivity contribution < 1.29 is 28.2 Å². The van der Waals surface area contributed by atoms with Crippen LogP contribution in [-0.2, 0) is 0 Å². The minimum atomic E-state index is -3.53. The topological polar surface area (TPSA) is 57.5 Å². The summed E-state index contributed by atoms with van der Waals surface area (Å²) in [6, 6.07) is 0. The molecule has 0 heterocycles. The van der Waals surface area contributed by atoms with Crippen molar-refractivity contribution >= 4 is 29.0 Å². The minimum Gasteiger partial charge on any atom is -0.505 e. The summed E-state index contributed by atoms with van der Waals surface area (Å²) in [5, 5.41) is 16.3. The maximum atomic E-state index is 13.2. The fraction of sp³-hybridized carbons (Fsp3) is 0.125. The lowest BCUT2D eigenvalue weighted by Crippen LogP contribution is -2.13. The van der Waals surface area contributed by atoms with Crippen molar-refractivity contribution in [3.05, 3.63) is 21.4 Å². The van der Waals surface area contributed by atoms with Crippen LogP contribution in [0.15, 0.2) is 0 Å². The number of halogens is 5. The molecule has 88 valence electrons. The Kier molecular flexibility index (Phi) is 3.54. The van der Waals surface area contributed by atoms with E-state index in [4.69, 9.17) is 33.4 Å². The molecule has 0 aromatic heterocycles. The molecule has 1 aromatic carbocycles. The van der Waals surface area contributed by atoms with E-state index in [1.807, 2.05) is 0 Å². The molecule has 8 heteroatoms. The van der Waals surface area contributed by atoms with E-state index in [1.54, 1.807) is 0 Å². The van der Waals surface area contributed by atoms with Crippen LogP contribution in [0.25, 0.3) is 0 Å². The highest BCUT2D eigenvalue weighted by Crippen LogP contribution is 2.43. The van der Waals surface area contributed by atoms with Crippen molar-refractivity contribution in [1.29, 1.82) is 0 Å². The van der Waals surface area contributed by atoms with Crippen LogP contribution in [0.1, 0.15) is 10.4 Å². The fourth-order valence-electron chi connectivity index (χ4n) is 0.970. The first-order valence-electron chi connectivity index (χ1n) is 3.69. The standard InChI is InChI=1S/C8H3Cl2F3O3/c9-2-4(11)1(6(15)8(12)13)5(14)3(10)7(2)16/h8,14,16H. The largest absolute Gasteiger partial charge is 0.505 e. The molecule has 0 aliphatic heterocycles. The molecule has 0 fully saturated rings. The second kappa shape index (κ2) is 4.39. The van der Waals surface area contributed by atoms with Gasteiger partial charge in [-0.05, 0) is 0 Å². The summed E-state index contributed by atoms with van der Waals surface area (Å²) in [7, 11) is 0. The van der Waals surface area contributed by atoms with Crippen molar-refractivity contribution in [2.75, 3.05) is 0 Å². The lowest BCUT2D eigenvalue weighted by atomic mass is 10.1. The normalized spacial score (nSPS) is 10.9. The summed E-state index contributed by atoms with van der Waals surface area (Å²) in [6.07, 6.45) is -3.53. The molecule has 1 rings (SSSR count). The van der Waals surface area contributed by atoms with E-state index in [-0.39, 0.29) is 0 Å². The number of Topliss-reactive ketones (excluding diaryl/α,β-unsaturated/α-hetero) is 1. The molecule has 0 atom stereocenters. The highest BCUT2D eigenvalue weighted by Gasteiger charge is 2.30. The van der Waals surface area contributed by atoms with Crippen LogP contribution in [0, 0.1) is 5.82 Å². The first-order chi connectivity index (χ1) is 7.29.